The Kier molecular flexibility index (Phi) is 7.33. The van der Waals surface area contributed by atoms with Gasteiger partial charge >= 0.3 is 0 Å². The molecular weight excluding hydrogens is 498 g/mol. The molecule has 0 spiro atoms. The SMILES string of the molecule is N/C(=C\N(N)C1=CC(O)=C(C(=O)NO)CC1)c1cccc(-c2cn(-c3ccc(C(=O)NO)c(O)c3)nn2)n1. The van der Waals surface area contributed by atoms with Crippen molar-refractivity contribution < 1.29 is 30.2 Å². The van der Waals surface area contributed by atoms with Crippen molar-refractivity contribution in [3.63, 3.8) is 0 Å². The molecule has 1 aliphatic carbocycles. The highest BCUT2D eigenvalue weighted by Crippen LogP contribution is 2.25. The summed E-state index contributed by atoms with van der Waals surface area (Å²) in [5.74, 6) is 3.75. The Bertz CT molecular complexity index is 1490. The van der Waals surface area contributed by atoms with Gasteiger partial charge in [0.1, 0.15) is 17.2 Å². The first-order valence-corrected chi connectivity index (χ1v) is 11.0. The zero-order valence-corrected chi connectivity index (χ0v) is 19.6. The van der Waals surface area contributed by atoms with E-state index in [1.165, 1.54) is 51.1 Å². The normalized spacial score (nSPS) is 13.7. The van der Waals surface area contributed by atoms with Crippen LogP contribution in [0.25, 0.3) is 22.8 Å². The highest BCUT2D eigenvalue weighted by Gasteiger charge is 2.21. The van der Waals surface area contributed by atoms with Crippen LogP contribution in [0, 0.1) is 0 Å². The molecule has 4 rings (SSSR count). The van der Waals surface area contributed by atoms with Gasteiger partial charge < -0.3 is 15.9 Å². The van der Waals surface area contributed by atoms with E-state index in [1.807, 2.05) is 0 Å². The van der Waals surface area contributed by atoms with E-state index in [9.17, 15) is 19.8 Å². The number of allylic oxidation sites excluding steroid dienone is 2. The summed E-state index contributed by atoms with van der Waals surface area (Å²) in [6.45, 7) is 0. The van der Waals surface area contributed by atoms with Crippen molar-refractivity contribution in [3.05, 3.63) is 83.2 Å². The third kappa shape index (κ3) is 5.29. The molecule has 0 saturated carbocycles. The third-order valence-electron chi connectivity index (χ3n) is 5.62. The number of pyridine rings is 1. The molecule has 0 aliphatic heterocycles. The molecule has 196 valence electrons. The molecule has 2 amide bonds. The molecule has 0 radical (unpaired) electrons. The second kappa shape index (κ2) is 10.8. The lowest BCUT2D eigenvalue weighted by molar-refractivity contribution is -0.125. The van der Waals surface area contributed by atoms with Gasteiger partial charge in [0, 0.05) is 24.0 Å². The summed E-state index contributed by atoms with van der Waals surface area (Å²) in [6.07, 6.45) is 4.74. The van der Waals surface area contributed by atoms with Crippen LogP contribution >= 0.6 is 0 Å². The number of nitrogens with zero attached hydrogens (tertiary/aromatic N) is 5. The number of nitrogens with one attached hydrogen (secondary N) is 2. The molecule has 2 heterocycles. The highest BCUT2D eigenvalue weighted by molar-refractivity contribution is 5.96. The summed E-state index contributed by atoms with van der Waals surface area (Å²) < 4.78 is 1.37. The topological polar surface area (TPSA) is 238 Å². The number of aliphatic hydroxyl groups excluding tert-OH is 1. The predicted octanol–water partition coefficient (Wildman–Crippen LogP) is 0.582. The molecule has 0 atom stereocenters. The number of phenols is 1. The van der Waals surface area contributed by atoms with Gasteiger partial charge in [0.25, 0.3) is 11.8 Å². The van der Waals surface area contributed by atoms with Gasteiger partial charge in [0.05, 0.1) is 40.1 Å². The third-order valence-corrected chi connectivity index (χ3v) is 5.62. The Morgan fingerprint density at radius 3 is 2.50 bits per heavy atom. The highest BCUT2D eigenvalue weighted by atomic mass is 16.5. The zero-order valence-electron chi connectivity index (χ0n) is 19.6. The molecular formula is C23H23N9O6. The van der Waals surface area contributed by atoms with Gasteiger partial charge in [-0.05, 0) is 37.1 Å². The predicted molar refractivity (Wildman–Crippen MR) is 131 cm³/mol. The van der Waals surface area contributed by atoms with Crippen molar-refractivity contribution >= 4 is 17.5 Å². The summed E-state index contributed by atoms with van der Waals surface area (Å²) >= 11 is 0. The molecule has 1 aliphatic rings. The number of hydrogen-bond donors (Lipinski definition) is 8. The monoisotopic (exact) mass is 521 g/mol. The number of hydroxylamine groups is 2. The van der Waals surface area contributed by atoms with E-state index in [1.54, 1.807) is 24.4 Å². The van der Waals surface area contributed by atoms with E-state index in [-0.39, 0.29) is 34.8 Å². The van der Waals surface area contributed by atoms with E-state index < -0.39 is 11.8 Å². The molecule has 38 heavy (non-hydrogen) atoms. The van der Waals surface area contributed by atoms with Crippen molar-refractivity contribution in [2.24, 2.45) is 11.6 Å². The van der Waals surface area contributed by atoms with Crippen LogP contribution in [0.4, 0.5) is 0 Å². The average Bonchev–Trinajstić information content (AvgIpc) is 3.42. The van der Waals surface area contributed by atoms with Crippen LogP contribution in [0.3, 0.4) is 0 Å². The summed E-state index contributed by atoms with van der Waals surface area (Å²) in [4.78, 5) is 27.6. The van der Waals surface area contributed by atoms with E-state index in [2.05, 4.69) is 15.3 Å². The molecule has 15 heteroatoms. The lowest BCUT2D eigenvalue weighted by atomic mass is 10.0. The largest absolute Gasteiger partial charge is 0.507 e. The van der Waals surface area contributed by atoms with E-state index in [0.29, 0.717) is 34.9 Å². The lowest BCUT2D eigenvalue weighted by Crippen LogP contribution is -2.29. The number of hydrazine groups is 1. The summed E-state index contributed by atoms with van der Waals surface area (Å²) in [7, 11) is 0. The first-order valence-electron chi connectivity index (χ1n) is 11.0. The molecule has 0 saturated heterocycles. The maximum atomic E-state index is 11.6. The van der Waals surface area contributed by atoms with Crippen molar-refractivity contribution in [1.82, 2.24) is 35.9 Å². The number of benzene rings is 1. The summed E-state index contributed by atoms with van der Waals surface area (Å²) in [5.41, 5.74) is 11.3. The molecule has 15 nitrogen and oxygen atoms in total. The number of hydrogen-bond acceptors (Lipinski definition) is 12. The van der Waals surface area contributed by atoms with Crippen LogP contribution in [0.5, 0.6) is 5.75 Å². The van der Waals surface area contributed by atoms with Gasteiger partial charge in [-0.2, -0.15) is 0 Å². The number of carbonyl (C=O) groups is 2. The first kappa shape index (κ1) is 25.8. The number of amides is 2. The zero-order chi connectivity index (χ0) is 27.4. The van der Waals surface area contributed by atoms with Crippen LogP contribution in [0.15, 0.2) is 71.9 Å². The van der Waals surface area contributed by atoms with E-state index >= 15 is 0 Å². The van der Waals surface area contributed by atoms with Crippen molar-refractivity contribution in [2.45, 2.75) is 12.8 Å². The van der Waals surface area contributed by atoms with Gasteiger partial charge in [-0.1, -0.05) is 11.3 Å². The second-order valence-electron chi connectivity index (χ2n) is 8.03. The fourth-order valence-corrected chi connectivity index (χ4v) is 3.66. The maximum Gasteiger partial charge on any atom is 0.278 e. The number of phenolic OH excluding ortho intramolecular Hbond substituents is 1. The number of nitrogens with two attached hydrogens (primary N) is 2. The molecule has 0 unspecified atom stereocenters. The van der Waals surface area contributed by atoms with Gasteiger partial charge in [-0.25, -0.2) is 26.5 Å². The molecule has 0 bridgehead atoms. The number of rotatable bonds is 7. The Morgan fingerprint density at radius 2 is 1.82 bits per heavy atom. The van der Waals surface area contributed by atoms with Crippen LogP contribution in [-0.4, -0.2) is 57.4 Å². The van der Waals surface area contributed by atoms with E-state index in [4.69, 9.17) is 22.0 Å². The average molecular weight is 521 g/mol. The van der Waals surface area contributed by atoms with Gasteiger partial charge in [0.15, 0.2) is 0 Å². The summed E-state index contributed by atoms with van der Waals surface area (Å²) in [5, 5.41) is 47.0. The Balaban J connectivity index is 1.54. The quantitative estimate of drug-likeness (QED) is 0.121. The van der Waals surface area contributed by atoms with Crippen LogP contribution in [-0.2, 0) is 4.79 Å². The van der Waals surface area contributed by atoms with Gasteiger partial charge in [-0.3, -0.25) is 25.0 Å². The Hall–Kier alpha value is -5.25. The molecule has 1 aromatic carbocycles. The van der Waals surface area contributed by atoms with E-state index in [0.717, 1.165) is 0 Å². The van der Waals surface area contributed by atoms with Crippen LogP contribution in [0.1, 0.15) is 28.9 Å². The minimum absolute atomic E-state index is 0.0332. The van der Waals surface area contributed by atoms with Crippen LogP contribution < -0.4 is 22.5 Å². The number of carbonyl (C=O) groups excluding carboxylic acids is 2. The minimum Gasteiger partial charge on any atom is -0.507 e. The smallest absolute Gasteiger partial charge is 0.278 e. The Morgan fingerprint density at radius 1 is 1.05 bits per heavy atom. The molecule has 3 aromatic rings. The van der Waals surface area contributed by atoms with Crippen LogP contribution in [0.2, 0.25) is 0 Å². The first-order chi connectivity index (χ1) is 18.2. The van der Waals surface area contributed by atoms with Crippen molar-refractivity contribution in [2.75, 3.05) is 0 Å². The van der Waals surface area contributed by atoms with Crippen molar-refractivity contribution in [1.29, 1.82) is 0 Å². The van der Waals surface area contributed by atoms with Crippen molar-refractivity contribution in [3.8, 4) is 22.8 Å². The number of aliphatic hydroxyl groups is 1. The minimum atomic E-state index is -0.858. The standard InChI is InChI=1S/C23H23N9O6/c24-16(10-31(25)12-4-6-14(20(33)8-12)22(35)28-37)17-2-1-3-18(26-17)19-11-32(30-27-19)13-5-7-15(21(34)9-13)23(36)29-38/h1-3,5,7-11,33-34,37-38H,4,6,24-25H2,(H,28,35)(H,29,36)/b16-10-. The second-order valence-corrected chi connectivity index (χ2v) is 8.03. The maximum absolute atomic E-state index is 11.6. The summed E-state index contributed by atoms with van der Waals surface area (Å²) in [6, 6.07) is 9.18. The number of aromatic nitrogens is 4. The fourth-order valence-electron chi connectivity index (χ4n) is 3.66. The fraction of sp³-hybridized carbons (Fsp3) is 0.0870. The Labute approximate surface area is 214 Å². The lowest BCUT2D eigenvalue weighted by Gasteiger charge is -2.22. The molecule has 10 N–H and O–H groups in total. The van der Waals surface area contributed by atoms with Gasteiger partial charge in [0.2, 0.25) is 0 Å². The van der Waals surface area contributed by atoms with Gasteiger partial charge in [-0.15, -0.1) is 5.10 Å². The molecule has 2 aromatic heterocycles. The molecule has 0 fully saturated rings. The number of aromatic hydroxyl groups is 1.